The molecule has 5 heteroatoms. The molecule has 0 bridgehead atoms. The van der Waals surface area contributed by atoms with Crippen molar-refractivity contribution < 1.29 is 14.1 Å². The Morgan fingerprint density at radius 1 is 1.44 bits per heavy atom. The molecule has 0 aliphatic heterocycles. The summed E-state index contributed by atoms with van der Waals surface area (Å²) in [7, 11) is 0. The molecule has 1 aromatic rings. The summed E-state index contributed by atoms with van der Waals surface area (Å²) in [6.45, 7) is 3.09. The molecule has 0 aromatic carbocycles. The third kappa shape index (κ3) is 3.63. The zero-order chi connectivity index (χ0) is 12.8. The van der Waals surface area contributed by atoms with Crippen LogP contribution in [0.4, 0.5) is 0 Å². The van der Waals surface area contributed by atoms with Crippen molar-refractivity contribution in [2.45, 2.75) is 52.1 Å². The van der Waals surface area contributed by atoms with Crippen molar-refractivity contribution in [3.8, 4) is 0 Å². The smallest absolute Gasteiger partial charge is 0.234 e. The van der Waals surface area contributed by atoms with Crippen LogP contribution >= 0.6 is 0 Å². The highest BCUT2D eigenvalue weighted by atomic mass is 16.5. The quantitative estimate of drug-likeness (QED) is 0.697. The van der Waals surface area contributed by atoms with Crippen molar-refractivity contribution >= 4 is 5.78 Å². The number of nitrogens with zero attached hydrogens (tertiary/aromatic N) is 2. The second kappa shape index (κ2) is 6.64. The highest BCUT2D eigenvalue weighted by molar-refractivity contribution is 5.82. The van der Waals surface area contributed by atoms with Gasteiger partial charge in [0.15, 0.2) is 5.82 Å². The molecule has 1 aliphatic carbocycles. The largest absolute Gasteiger partial charge is 0.373 e. The third-order valence-electron chi connectivity index (χ3n) is 3.23. The lowest BCUT2D eigenvalue weighted by Gasteiger charge is -2.04. The lowest BCUT2D eigenvalue weighted by atomic mass is 10.0. The molecule has 0 saturated heterocycles. The minimum absolute atomic E-state index is 0.205. The van der Waals surface area contributed by atoms with Gasteiger partial charge < -0.3 is 9.26 Å². The summed E-state index contributed by atoms with van der Waals surface area (Å²) in [4.78, 5) is 16.1. The third-order valence-corrected chi connectivity index (χ3v) is 3.23. The van der Waals surface area contributed by atoms with E-state index in [9.17, 15) is 4.79 Å². The maximum atomic E-state index is 11.9. The summed E-state index contributed by atoms with van der Waals surface area (Å²) in [5.41, 5.74) is 0. The second-order valence-electron chi connectivity index (χ2n) is 4.78. The SMILES string of the molecule is CCCOCc1noc(CC(=O)C2CCCC2)n1. The van der Waals surface area contributed by atoms with Crippen LogP contribution in [-0.2, 0) is 22.6 Å². The first-order valence-corrected chi connectivity index (χ1v) is 6.71. The first-order valence-electron chi connectivity index (χ1n) is 6.71. The monoisotopic (exact) mass is 252 g/mol. The van der Waals surface area contributed by atoms with Gasteiger partial charge in [0.05, 0.1) is 6.42 Å². The molecule has 0 radical (unpaired) electrons. The van der Waals surface area contributed by atoms with Crippen LogP contribution in [0.15, 0.2) is 4.52 Å². The molecule has 1 fully saturated rings. The minimum Gasteiger partial charge on any atom is -0.373 e. The zero-order valence-electron chi connectivity index (χ0n) is 10.9. The predicted molar refractivity (Wildman–Crippen MR) is 64.9 cm³/mol. The van der Waals surface area contributed by atoms with Crippen LogP contribution in [0, 0.1) is 5.92 Å². The van der Waals surface area contributed by atoms with E-state index in [0.29, 0.717) is 24.9 Å². The molecular weight excluding hydrogens is 232 g/mol. The van der Waals surface area contributed by atoms with E-state index in [0.717, 1.165) is 32.1 Å². The van der Waals surface area contributed by atoms with Crippen molar-refractivity contribution in [3.05, 3.63) is 11.7 Å². The lowest BCUT2D eigenvalue weighted by molar-refractivity contribution is -0.122. The van der Waals surface area contributed by atoms with Gasteiger partial charge in [0.1, 0.15) is 12.4 Å². The molecule has 18 heavy (non-hydrogen) atoms. The molecule has 1 aliphatic rings. The van der Waals surface area contributed by atoms with Gasteiger partial charge in [0.2, 0.25) is 5.89 Å². The van der Waals surface area contributed by atoms with Crippen LogP contribution in [0.1, 0.15) is 50.7 Å². The molecule has 1 saturated carbocycles. The van der Waals surface area contributed by atoms with Crippen molar-refractivity contribution in [2.75, 3.05) is 6.61 Å². The summed E-state index contributed by atoms with van der Waals surface area (Å²) in [5, 5.41) is 3.80. The van der Waals surface area contributed by atoms with Gasteiger partial charge in [-0.05, 0) is 19.3 Å². The molecule has 0 atom stereocenters. The minimum atomic E-state index is 0.205. The fourth-order valence-electron chi connectivity index (χ4n) is 2.27. The lowest BCUT2D eigenvalue weighted by Crippen LogP contribution is -2.13. The number of aromatic nitrogens is 2. The Hall–Kier alpha value is -1.23. The highest BCUT2D eigenvalue weighted by Crippen LogP contribution is 2.26. The van der Waals surface area contributed by atoms with E-state index in [-0.39, 0.29) is 18.1 Å². The van der Waals surface area contributed by atoms with Crippen LogP contribution in [0.2, 0.25) is 0 Å². The number of hydrogen-bond donors (Lipinski definition) is 0. The van der Waals surface area contributed by atoms with Gasteiger partial charge in [-0.2, -0.15) is 4.98 Å². The van der Waals surface area contributed by atoms with E-state index >= 15 is 0 Å². The van der Waals surface area contributed by atoms with Crippen molar-refractivity contribution in [1.29, 1.82) is 0 Å². The standard InChI is InChI=1S/C13H20N2O3/c1-2-7-17-9-12-14-13(18-15-12)8-11(16)10-5-3-4-6-10/h10H,2-9H2,1H3. The van der Waals surface area contributed by atoms with Gasteiger partial charge in [-0.3, -0.25) is 4.79 Å². The van der Waals surface area contributed by atoms with Crippen LogP contribution < -0.4 is 0 Å². The number of ether oxygens (including phenoxy) is 1. The summed E-state index contributed by atoms with van der Waals surface area (Å²) in [6, 6.07) is 0. The van der Waals surface area contributed by atoms with Gasteiger partial charge >= 0.3 is 0 Å². The maximum Gasteiger partial charge on any atom is 0.234 e. The van der Waals surface area contributed by atoms with Gasteiger partial charge in [-0.1, -0.05) is 24.9 Å². The molecule has 0 unspecified atom stereocenters. The van der Waals surface area contributed by atoms with Crippen molar-refractivity contribution in [2.24, 2.45) is 5.92 Å². The first-order chi connectivity index (χ1) is 8.79. The molecule has 0 N–H and O–H groups in total. The Morgan fingerprint density at radius 2 is 2.22 bits per heavy atom. The Balaban J connectivity index is 1.80. The number of Topliss-reactive ketones (excluding diaryl/α,β-unsaturated/α-hetero) is 1. The van der Waals surface area contributed by atoms with Crippen LogP contribution in [-0.4, -0.2) is 22.5 Å². The summed E-state index contributed by atoms with van der Waals surface area (Å²) < 4.78 is 10.4. The van der Waals surface area contributed by atoms with Gasteiger partial charge in [0.25, 0.3) is 0 Å². The van der Waals surface area contributed by atoms with E-state index in [1.807, 2.05) is 6.92 Å². The molecular formula is C13H20N2O3. The van der Waals surface area contributed by atoms with Gasteiger partial charge in [-0.15, -0.1) is 0 Å². The number of carbonyl (C=O) groups is 1. The number of carbonyl (C=O) groups excluding carboxylic acids is 1. The highest BCUT2D eigenvalue weighted by Gasteiger charge is 2.24. The molecule has 5 nitrogen and oxygen atoms in total. The summed E-state index contributed by atoms with van der Waals surface area (Å²) in [6.07, 6.45) is 5.59. The Morgan fingerprint density at radius 3 is 2.94 bits per heavy atom. The summed E-state index contributed by atoms with van der Waals surface area (Å²) >= 11 is 0. The Kier molecular flexibility index (Phi) is 4.87. The van der Waals surface area contributed by atoms with Gasteiger partial charge in [-0.25, -0.2) is 0 Å². The number of hydrogen-bond acceptors (Lipinski definition) is 5. The van der Waals surface area contributed by atoms with Gasteiger partial charge in [0, 0.05) is 12.5 Å². The fraction of sp³-hybridized carbons (Fsp3) is 0.769. The summed E-state index contributed by atoms with van der Waals surface area (Å²) in [5.74, 6) is 1.38. The average Bonchev–Trinajstić information content (AvgIpc) is 3.00. The van der Waals surface area contributed by atoms with E-state index in [4.69, 9.17) is 9.26 Å². The molecule has 100 valence electrons. The van der Waals surface area contributed by atoms with E-state index in [2.05, 4.69) is 10.1 Å². The van der Waals surface area contributed by atoms with Crippen LogP contribution in [0.3, 0.4) is 0 Å². The van der Waals surface area contributed by atoms with E-state index < -0.39 is 0 Å². The van der Waals surface area contributed by atoms with E-state index in [1.165, 1.54) is 0 Å². The molecule has 1 heterocycles. The Bertz CT molecular complexity index is 383. The number of ketones is 1. The molecule has 0 amide bonds. The fourth-order valence-corrected chi connectivity index (χ4v) is 2.27. The van der Waals surface area contributed by atoms with Crippen LogP contribution in [0.25, 0.3) is 0 Å². The van der Waals surface area contributed by atoms with Crippen molar-refractivity contribution in [3.63, 3.8) is 0 Å². The normalized spacial score (nSPS) is 16.3. The zero-order valence-corrected chi connectivity index (χ0v) is 10.9. The predicted octanol–water partition coefficient (Wildman–Crippen LogP) is 2.30. The molecule has 2 rings (SSSR count). The average molecular weight is 252 g/mol. The first kappa shape index (κ1) is 13.2. The molecule has 0 spiro atoms. The topological polar surface area (TPSA) is 65.2 Å². The Labute approximate surface area is 107 Å². The van der Waals surface area contributed by atoms with Crippen LogP contribution in [0.5, 0.6) is 0 Å². The second-order valence-corrected chi connectivity index (χ2v) is 4.78. The maximum absolute atomic E-state index is 11.9. The van der Waals surface area contributed by atoms with E-state index in [1.54, 1.807) is 0 Å². The molecule has 1 aromatic heterocycles. The number of rotatable bonds is 7. The van der Waals surface area contributed by atoms with Crippen molar-refractivity contribution in [1.82, 2.24) is 10.1 Å².